The normalized spacial score (nSPS) is 13.4. The first-order valence-corrected chi connectivity index (χ1v) is 8.25. The molecule has 0 fully saturated rings. The molecule has 3 N–H and O–H groups in total. The van der Waals surface area contributed by atoms with Crippen LogP contribution in [0, 0.1) is 6.92 Å². The lowest BCUT2D eigenvalue weighted by atomic mass is 10.2. The largest absolute Gasteiger partial charge is 0.392 e. The van der Waals surface area contributed by atoms with Gasteiger partial charge in [-0.25, -0.2) is 13.4 Å². The van der Waals surface area contributed by atoms with Crippen molar-refractivity contribution in [3.05, 3.63) is 23.8 Å². The predicted octanol–water partition coefficient (Wildman–Crippen LogP) is 2.02. The zero-order valence-electron chi connectivity index (χ0n) is 10.4. The quantitative estimate of drug-likeness (QED) is 0.843. The Morgan fingerprint density at radius 3 is 2.84 bits per heavy atom. The molecule has 0 radical (unpaired) electrons. The number of sulfonamides is 1. The Morgan fingerprint density at radius 1 is 1.53 bits per heavy atom. The highest BCUT2D eigenvalue weighted by molar-refractivity contribution is 7.95. The molecule has 0 saturated carbocycles. The Morgan fingerprint density at radius 2 is 2.21 bits per heavy atom. The van der Waals surface area contributed by atoms with Crippen LogP contribution >= 0.6 is 23.6 Å². The molecule has 102 valence electrons. The van der Waals surface area contributed by atoms with Crippen molar-refractivity contribution in [2.45, 2.75) is 19.1 Å². The van der Waals surface area contributed by atoms with Crippen LogP contribution in [0.3, 0.4) is 0 Å². The first-order valence-electron chi connectivity index (χ1n) is 5.48. The second kappa shape index (κ2) is 5.03. The number of aromatic nitrogens is 1. The molecule has 1 aromatic heterocycles. The topological polar surface area (TPSA) is 85.1 Å². The molecule has 2 rings (SSSR count). The van der Waals surface area contributed by atoms with Crippen LogP contribution in [-0.2, 0) is 10.0 Å². The van der Waals surface area contributed by atoms with E-state index in [1.165, 1.54) is 18.3 Å². The minimum absolute atomic E-state index is 0.0653. The third-order valence-corrected chi connectivity index (χ3v) is 5.87. The van der Waals surface area contributed by atoms with Crippen molar-refractivity contribution < 1.29 is 8.42 Å². The Labute approximate surface area is 120 Å². The Kier molecular flexibility index (Phi) is 3.75. The molecule has 2 aromatic rings. The summed E-state index contributed by atoms with van der Waals surface area (Å²) in [7, 11) is -3.64. The third kappa shape index (κ3) is 3.02. The number of anilines is 1. The van der Waals surface area contributed by atoms with Crippen LogP contribution in [0.1, 0.15) is 12.5 Å². The third-order valence-electron chi connectivity index (χ3n) is 2.64. The summed E-state index contributed by atoms with van der Waals surface area (Å²) in [6.45, 7) is 3.42. The Hall–Kier alpha value is -1.25. The van der Waals surface area contributed by atoms with Gasteiger partial charge in [0.15, 0.2) is 5.13 Å². The van der Waals surface area contributed by atoms with E-state index in [-0.39, 0.29) is 4.99 Å². The minimum atomic E-state index is -3.64. The van der Waals surface area contributed by atoms with E-state index in [9.17, 15) is 8.42 Å². The van der Waals surface area contributed by atoms with Gasteiger partial charge < -0.3 is 5.73 Å². The number of nitrogens with zero attached hydrogens (tertiary/aromatic N) is 1. The average Bonchev–Trinajstić information content (AvgIpc) is 2.68. The average molecular weight is 315 g/mol. The van der Waals surface area contributed by atoms with Gasteiger partial charge in [0.2, 0.25) is 10.0 Å². The van der Waals surface area contributed by atoms with Crippen LogP contribution in [0.4, 0.5) is 5.13 Å². The summed E-state index contributed by atoms with van der Waals surface area (Å²) in [4.78, 5) is 4.16. The van der Waals surface area contributed by atoms with Crippen molar-refractivity contribution >= 4 is 53.9 Å². The summed E-state index contributed by atoms with van der Waals surface area (Å²) in [6.07, 6.45) is 0. The van der Waals surface area contributed by atoms with Gasteiger partial charge in [0.1, 0.15) is 5.25 Å². The number of thiocarbonyl (C=S) groups is 1. The summed E-state index contributed by atoms with van der Waals surface area (Å²) in [6, 6.07) is 5.75. The fourth-order valence-corrected chi connectivity index (χ4v) is 3.92. The highest BCUT2D eigenvalue weighted by Crippen LogP contribution is 2.27. The van der Waals surface area contributed by atoms with E-state index >= 15 is 0 Å². The molecule has 0 aliphatic carbocycles. The molecule has 1 atom stereocenters. The van der Waals surface area contributed by atoms with Crippen molar-refractivity contribution in [2.75, 3.05) is 4.72 Å². The Balaban J connectivity index is 2.34. The van der Waals surface area contributed by atoms with Gasteiger partial charge in [0.25, 0.3) is 0 Å². The highest BCUT2D eigenvalue weighted by Gasteiger charge is 2.24. The summed E-state index contributed by atoms with van der Waals surface area (Å²) in [5, 5.41) is -0.611. The molecular weight excluding hydrogens is 302 g/mol. The maximum Gasteiger partial charge on any atom is 0.243 e. The van der Waals surface area contributed by atoms with Crippen molar-refractivity contribution in [2.24, 2.45) is 5.73 Å². The molecule has 0 aliphatic heterocycles. The molecule has 5 nitrogen and oxygen atoms in total. The predicted molar refractivity (Wildman–Crippen MR) is 83.1 cm³/mol. The zero-order chi connectivity index (χ0) is 14.2. The van der Waals surface area contributed by atoms with E-state index in [0.717, 1.165) is 15.8 Å². The molecule has 19 heavy (non-hydrogen) atoms. The van der Waals surface area contributed by atoms with Gasteiger partial charge in [-0.05, 0) is 31.5 Å². The lowest BCUT2D eigenvalue weighted by molar-refractivity contribution is 0.598. The molecule has 0 aliphatic rings. The first kappa shape index (κ1) is 14.2. The smallest absolute Gasteiger partial charge is 0.243 e. The molecule has 1 aromatic carbocycles. The van der Waals surface area contributed by atoms with Crippen molar-refractivity contribution in [3.63, 3.8) is 0 Å². The molecule has 0 bridgehead atoms. The second-order valence-corrected chi connectivity index (χ2v) is 7.69. The van der Waals surface area contributed by atoms with Crippen molar-refractivity contribution in [1.29, 1.82) is 0 Å². The number of hydrogen-bond donors (Lipinski definition) is 2. The second-order valence-electron chi connectivity index (χ2n) is 4.18. The fourth-order valence-electron chi connectivity index (χ4n) is 1.44. The van der Waals surface area contributed by atoms with Crippen LogP contribution < -0.4 is 10.5 Å². The minimum Gasteiger partial charge on any atom is -0.392 e. The molecular formula is C11H13N3O2S3. The number of nitrogens with one attached hydrogen (secondary N) is 1. The lowest BCUT2D eigenvalue weighted by Crippen LogP contribution is -2.35. The van der Waals surface area contributed by atoms with Crippen LogP contribution in [-0.4, -0.2) is 23.6 Å². The SMILES string of the molecule is Cc1ccc2nc(NS(=O)(=O)C(C)C(N)=S)sc2c1. The van der Waals surface area contributed by atoms with Gasteiger partial charge in [-0.15, -0.1) is 0 Å². The van der Waals surface area contributed by atoms with Crippen LogP contribution in [0.5, 0.6) is 0 Å². The van der Waals surface area contributed by atoms with E-state index in [4.69, 9.17) is 18.0 Å². The summed E-state index contributed by atoms with van der Waals surface area (Å²) >= 11 is 5.99. The van der Waals surface area contributed by atoms with E-state index in [1.54, 1.807) is 0 Å². The molecule has 0 spiro atoms. The number of aryl methyl sites for hydroxylation is 1. The standard InChI is InChI=1S/C11H13N3O2S3/c1-6-3-4-8-9(5-6)18-11(13-8)14-19(15,16)7(2)10(12)17/h3-5,7H,1-2H3,(H2,12,17)(H,13,14). The number of fused-ring (bicyclic) bond motifs is 1. The number of benzene rings is 1. The lowest BCUT2D eigenvalue weighted by Gasteiger charge is -2.10. The highest BCUT2D eigenvalue weighted by atomic mass is 32.2. The monoisotopic (exact) mass is 315 g/mol. The van der Waals surface area contributed by atoms with Gasteiger partial charge in [-0.2, -0.15) is 0 Å². The van der Waals surface area contributed by atoms with E-state index < -0.39 is 15.3 Å². The fraction of sp³-hybridized carbons (Fsp3) is 0.273. The molecule has 1 unspecified atom stereocenters. The maximum atomic E-state index is 12.0. The zero-order valence-corrected chi connectivity index (χ0v) is 12.8. The first-order chi connectivity index (χ1) is 8.79. The summed E-state index contributed by atoms with van der Waals surface area (Å²) in [5.41, 5.74) is 7.23. The van der Waals surface area contributed by atoms with E-state index in [0.29, 0.717) is 5.13 Å². The van der Waals surface area contributed by atoms with Crippen LogP contribution in [0.2, 0.25) is 0 Å². The van der Waals surface area contributed by atoms with Crippen molar-refractivity contribution in [3.8, 4) is 0 Å². The van der Waals surface area contributed by atoms with E-state index in [2.05, 4.69) is 9.71 Å². The molecule has 1 heterocycles. The van der Waals surface area contributed by atoms with Gasteiger partial charge >= 0.3 is 0 Å². The van der Waals surface area contributed by atoms with Crippen LogP contribution in [0.15, 0.2) is 18.2 Å². The summed E-state index contributed by atoms with van der Waals surface area (Å²) < 4.78 is 27.3. The summed E-state index contributed by atoms with van der Waals surface area (Å²) in [5.74, 6) is 0. The van der Waals surface area contributed by atoms with E-state index in [1.807, 2.05) is 25.1 Å². The van der Waals surface area contributed by atoms with Crippen molar-refractivity contribution in [1.82, 2.24) is 4.98 Å². The van der Waals surface area contributed by atoms with Gasteiger partial charge in [-0.3, -0.25) is 4.72 Å². The number of nitrogens with two attached hydrogens (primary N) is 1. The maximum absolute atomic E-state index is 12.0. The molecule has 0 saturated heterocycles. The van der Waals surface area contributed by atoms with Gasteiger partial charge in [-0.1, -0.05) is 29.6 Å². The number of hydrogen-bond acceptors (Lipinski definition) is 5. The van der Waals surface area contributed by atoms with Crippen LogP contribution in [0.25, 0.3) is 10.2 Å². The number of rotatable bonds is 4. The van der Waals surface area contributed by atoms with Gasteiger partial charge in [0.05, 0.1) is 15.2 Å². The molecule has 8 heteroatoms. The molecule has 0 amide bonds. The number of thiazole rings is 1. The van der Waals surface area contributed by atoms with Gasteiger partial charge in [0, 0.05) is 0 Å². The Bertz CT molecular complexity index is 737.